The van der Waals surface area contributed by atoms with E-state index in [1.807, 2.05) is 4.90 Å². The van der Waals surface area contributed by atoms with E-state index in [2.05, 4.69) is 6.92 Å². The SMILES string of the molecule is CC(=O)OC1C(OC(C)=O)C23CCC(CC2)CC3C23CCCC(C)(C(=O)N4CCOC42)C13. The van der Waals surface area contributed by atoms with Crippen molar-refractivity contribution in [1.29, 1.82) is 0 Å². The lowest BCUT2D eigenvalue weighted by atomic mass is 9.34. The van der Waals surface area contributed by atoms with Crippen molar-refractivity contribution in [2.75, 3.05) is 13.2 Å². The van der Waals surface area contributed by atoms with E-state index in [4.69, 9.17) is 14.2 Å². The Hall–Kier alpha value is -1.63. The molecule has 7 aliphatic rings. The Morgan fingerprint density at radius 1 is 1.06 bits per heavy atom. The number of esters is 2. The molecule has 1 amide bonds. The van der Waals surface area contributed by atoms with Gasteiger partial charge in [0.15, 0.2) is 0 Å². The number of ether oxygens (including phenoxy) is 3. The van der Waals surface area contributed by atoms with Crippen LogP contribution in [0.4, 0.5) is 0 Å². The predicted octanol–water partition coefficient (Wildman–Crippen LogP) is 3.05. The molecule has 7 rings (SSSR count). The van der Waals surface area contributed by atoms with Crippen molar-refractivity contribution in [2.24, 2.45) is 34.0 Å². The van der Waals surface area contributed by atoms with E-state index < -0.39 is 17.6 Å². The standard InChI is InChI=1S/C25H35NO6/c1-14(27)31-18-19-23(3)7-4-8-25(19,22-26(21(23)29)11-12-30-22)17-13-16-5-9-24(17,10-6-16)20(18)32-15(2)28/h16-20,22H,4-13H2,1-3H3. The fourth-order valence-electron chi connectivity index (χ4n) is 9.66. The predicted molar refractivity (Wildman–Crippen MR) is 113 cm³/mol. The summed E-state index contributed by atoms with van der Waals surface area (Å²) in [5.74, 6) is 0.211. The van der Waals surface area contributed by atoms with Crippen LogP contribution in [-0.4, -0.2) is 54.3 Å². The molecule has 5 aliphatic carbocycles. The first-order valence-corrected chi connectivity index (χ1v) is 12.5. The first-order chi connectivity index (χ1) is 15.2. The molecule has 0 aromatic heterocycles. The van der Waals surface area contributed by atoms with Gasteiger partial charge in [0.05, 0.1) is 12.0 Å². The summed E-state index contributed by atoms with van der Waals surface area (Å²) in [4.78, 5) is 40.6. The molecule has 0 aromatic rings. The maximum absolute atomic E-state index is 13.9. The van der Waals surface area contributed by atoms with Crippen molar-refractivity contribution < 1.29 is 28.6 Å². The average molecular weight is 446 g/mol. The minimum atomic E-state index is -0.640. The van der Waals surface area contributed by atoms with E-state index in [0.29, 0.717) is 25.0 Å². The van der Waals surface area contributed by atoms with E-state index in [1.165, 1.54) is 13.8 Å². The Kier molecular flexibility index (Phi) is 4.39. The van der Waals surface area contributed by atoms with Gasteiger partial charge < -0.3 is 19.1 Å². The fraction of sp³-hybridized carbons (Fsp3) is 0.880. The number of nitrogens with zero attached hydrogens (tertiary/aromatic N) is 1. The number of amides is 1. The smallest absolute Gasteiger partial charge is 0.303 e. The molecule has 2 heterocycles. The highest BCUT2D eigenvalue weighted by Gasteiger charge is 2.79. The molecule has 32 heavy (non-hydrogen) atoms. The fourth-order valence-corrected chi connectivity index (χ4v) is 9.66. The molecule has 176 valence electrons. The summed E-state index contributed by atoms with van der Waals surface area (Å²) in [7, 11) is 0. The van der Waals surface area contributed by atoms with Gasteiger partial charge in [-0.25, -0.2) is 0 Å². The Bertz CT molecular complexity index is 864. The molecule has 7 heteroatoms. The molecule has 7 unspecified atom stereocenters. The van der Waals surface area contributed by atoms with Crippen LogP contribution < -0.4 is 0 Å². The molecule has 0 radical (unpaired) electrons. The van der Waals surface area contributed by atoms with Crippen molar-refractivity contribution in [3.63, 3.8) is 0 Å². The lowest BCUT2D eigenvalue weighted by Gasteiger charge is -2.74. The van der Waals surface area contributed by atoms with Gasteiger partial charge in [-0.15, -0.1) is 0 Å². The zero-order valence-electron chi connectivity index (χ0n) is 19.4. The second kappa shape index (κ2) is 6.71. The van der Waals surface area contributed by atoms with Crippen LogP contribution in [0.5, 0.6) is 0 Å². The number of hydrogen-bond acceptors (Lipinski definition) is 6. The number of carbonyl (C=O) groups is 3. The number of fused-ring (bicyclic) bond motifs is 3. The zero-order chi connectivity index (χ0) is 22.5. The van der Waals surface area contributed by atoms with E-state index in [1.54, 1.807) is 0 Å². The summed E-state index contributed by atoms with van der Waals surface area (Å²) in [6, 6.07) is 0. The first kappa shape index (κ1) is 20.9. The summed E-state index contributed by atoms with van der Waals surface area (Å²) in [5.41, 5.74) is -1.11. The molecule has 2 saturated heterocycles. The van der Waals surface area contributed by atoms with Gasteiger partial charge in [-0.2, -0.15) is 0 Å². The van der Waals surface area contributed by atoms with Crippen molar-refractivity contribution in [2.45, 2.75) is 90.6 Å². The number of carbonyl (C=O) groups excluding carboxylic acids is 3. The monoisotopic (exact) mass is 445 g/mol. The van der Waals surface area contributed by atoms with Crippen molar-refractivity contribution >= 4 is 17.8 Å². The van der Waals surface area contributed by atoms with E-state index in [9.17, 15) is 14.4 Å². The minimum absolute atomic E-state index is 0.121. The van der Waals surface area contributed by atoms with Gasteiger partial charge in [-0.05, 0) is 56.8 Å². The average Bonchev–Trinajstić information content (AvgIpc) is 3.25. The third-order valence-electron chi connectivity index (χ3n) is 10.4. The second-order valence-corrected chi connectivity index (χ2v) is 11.7. The molecule has 0 N–H and O–H groups in total. The van der Waals surface area contributed by atoms with Crippen LogP contribution in [0.2, 0.25) is 0 Å². The van der Waals surface area contributed by atoms with Crippen LogP contribution in [0.3, 0.4) is 0 Å². The molecule has 7 nitrogen and oxygen atoms in total. The highest BCUT2D eigenvalue weighted by molar-refractivity contribution is 5.85. The van der Waals surface area contributed by atoms with Gasteiger partial charge in [0, 0.05) is 37.1 Å². The largest absolute Gasteiger partial charge is 0.458 e. The lowest BCUT2D eigenvalue weighted by Crippen LogP contribution is -2.79. The van der Waals surface area contributed by atoms with Crippen LogP contribution in [0.15, 0.2) is 0 Å². The Balaban J connectivity index is 1.60. The summed E-state index contributed by atoms with van der Waals surface area (Å²) in [6.45, 7) is 6.16. The zero-order valence-corrected chi connectivity index (χ0v) is 19.4. The minimum Gasteiger partial charge on any atom is -0.458 e. The molecule has 7 fully saturated rings. The van der Waals surface area contributed by atoms with Gasteiger partial charge in [0.25, 0.3) is 0 Å². The summed E-state index contributed by atoms with van der Waals surface area (Å²) in [6.07, 6.45) is 6.71. The second-order valence-electron chi connectivity index (χ2n) is 11.7. The van der Waals surface area contributed by atoms with Gasteiger partial charge in [0.2, 0.25) is 5.91 Å². The lowest BCUT2D eigenvalue weighted by molar-refractivity contribution is -0.327. The first-order valence-electron chi connectivity index (χ1n) is 12.5. The van der Waals surface area contributed by atoms with Crippen LogP contribution in [0.1, 0.15) is 72.1 Å². The normalized spacial score (nSPS) is 50.8. The van der Waals surface area contributed by atoms with Crippen LogP contribution in [0, 0.1) is 34.0 Å². The summed E-state index contributed by atoms with van der Waals surface area (Å²) >= 11 is 0. The maximum Gasteiger partial charge on any atom is 0.303 e. The molecule has 5 saturated carbocycles. The van der Waals surface area contributed by atoms with Crippen molar-refractivity contribution in [3.8, 4) is 0 Å². The van der Waals surface area contributed by atoms with E-state index in [0.717, 1.165) is 51.4 Å². The van der Waals surface area contributed by atoms with Gasteiger partial charge >= 0.3 is 11.9 Å². The summed E-state index contributed by atoms with van der Waals surface area (Å²) < 4.78 is 18.6. The number of piperidine rings is 1. The summed E-state index contributed by atoms with van der Waals surface area (Å²) in [5, 5.41) is 0. The number of rotatable bonds is 2. The molecule has 4 bridgehead atoms. The molecule has 0 aromatic carbocycles. The topological polar surface area (TPSA) is 82.1 Å². The molecule has 2 aliphatic heterocycles. The molecular formula is C25H35NO6. The highest BCUT2D eigenvalue weighted by atomic mass is 16.6. The molecular weight excluding hydrogens is 410 g/mol. The molecule has 1 spiro atoms. The Morgan fingerprint density at radius 3 is 2.47 bits per heavy atom. The van der Waals surface area contributed by atoms with Crippen LogP contribution >= 0.6 is 0 Å². The van der Waals surface area contributed by atoms with Gasteiger partial charge in [0.1, 0.15) is 18.4 Å². The quantitative estimate of drug-likeness (QED) is 0.608. The molecule has 7 atom stereocenters. The van der Waals surface area contributed by atoms with E-state index >= 15 is 0 Å². The maximum atomic E-state index is 13.9. The van der Waals surface area contributed by atoms with Crippen LogP contribution in [0.25, 0.3) is 0 Å². The third kappa shape index (κ3) is 2.39. The Labute approximate surface area is 189 Å². The van der Waals surface area contributed by atoms with Gasteiger partial charge in [-0.1, -0.05) is 13.3 Å². The van der Waals surface area contributed by atoms with Crippen molar-refractivity contribution in [1.82, 2.24) is 4.90 Å². The Morgan fingerprint density at radius 2 is 1.78 bits per heavy atom. The van der Waals surface area contributed by atoms with Crippen LogP contribution in [-0.2, 0) is 28.6 Å². The van der Waals surface area contributed by atoms with Gasteiger partial charge in [-0.3, -0.25) is 14.4 Å². The highest BCUT2D eigenvalue weighted by Crippen LogP contribution is 2.75. The van der Waals surface area contributed by atoms with Crippen molar-refractivity contribution in [3.05, 3.63) is 0 Å². The number of hydrogen-bond donors (Lipinski definition) is 0. The third-order valence-corrected chi connectivity index (χ3v) is 10.4. The van der Waals surface area contributed by atoms with E-state index in [-0.39, 0.29) is 40.8 Å².